The third kappa shape index (κ3) is 8.54. The summed E-state index contributed by atoms with van der Waals surface area (Å²) >= 11 is 3.67. The molecule has 0 bridgehead atoms. The van der Waals surface area contributed by atoms with Gasteiger partial charge in [-0.3, -0.25) is 4.79 Å². The van der Waals surface area contributed by atoms with Crippen molar-refractivity contribution in [2.45, 2.75) is 67.4 Å². The minimum atomic E-state index is -4.28. The van der Waals surface area contributed by atoms with Crippen LogP contribution in [0.5, 0.6) is 0 Å². The summed E-state index contributed by atoms with van der Waals surface area (Å²) in [6, 6.07) is 5.60. The molecule has 174 valence electrons. The molecule has 1 amide bonds. The van der Waals surface area contributed by atoms with Gasteiger partial charge in [0.2, 0.25) is 5.91 Å². The molecular formula is C23H33F3N2OS2. The van der Waals surface area contributed by atoms with Crippen molar-refractivity contribution in [1.82, 2.24) is 10.2 Å². The molecule has 3 rings (SSSR count). The van der Waals surface area contributed by atoms with E-state index >= 15 is 0 Å². The summed E-state index contributed by atoms with van der Waals surface area (Å²) in [4.78, 5) is 14.5. The molecule has 1 aromatic carbocycles. The Morgan fingerprint density at radius 3 is 2.55 bits per heavy atom. The molecule has 8 heteroatoms. The molecule has 2 heterocycles. The molecule has 2 saturated heterocycles. The van der Waals surface area contributed by atoms with Crippen LogP contribution in [0.15, 0.2) is 24.3 Å². The Hall–Kier alpha value is -0.860. The van der Waals surface area contributed by atoms with E-state index in [0.29, 0.717) is 11.7 Å². The van der Waals surface area contributed by atoms with Gasteiger partial charge in [-0.05, 0) is 68.6 Å². The third-order valence-electron chi connectivity index (χ3n) is 5.91. The molecule has 0 aromatic heterocycles. The number of carbonyl (C=O) groups is 1. The molecule has 0 saturated carbocycles. The minimum absolute atomic E-state index is 0.145. The van der Waals surface area contributed by atoms with E-state index in [2.05, 4.69) is 10.2 Å². The number of thioether (sulfide) groups is 2. The van der Waals surface area contributed by atoms with Gasteiger partial charge in [-0.25, -0.2) is 0 Å². The second-order valence-corrected chi connectivity index (χ2v) is 11.3. The van der Waals surface area contributed by atoms with Gasteiger partial charge in [0, 0.05) is 24.8 Å². The van der Waals surface area contributed by atoms with Crippen molar-refractivity contribution < 1.29 is 18.0 Å². The van der Waals surface area contributed by atoms with Crippen LogP contribution in [0.4, 0.5) is 13.2 Å². The molecule has 0 radical (unpaired) electrons. The van der Waals surface area contributed by atoms with E-state index in [1.54, 1.807) is 12.1 Å². The van der Waals surface area contributed by atoms with Crippen molar-refractivity contribution >= 4 is 29.4 Å². The molecule has 0 aliphatic carbocycles. The first-order chi connectivity index (χ1) is 14.9. The quantitative estimate of drug-likeness (QED) is 0.438. The molecule has 2 fully saturated rings. The maximum atomic E-state index is 12.8. The van der Waals surface area contributed by atoms with Crippen LogP contribution < -0.4 is 5.32 Å². The number of carbonyl (C=O) groups excluding carboxylic acids is 1. The summed E-state index contributed by atoms with van der Waals surface area (Å²) in [6.07, 6.45) is 4.25. The zero-order valence-electron chi connectivity index (χ0n) is 18.0. The first kappa shape index (κ1) is 24.8. The van der Waals surface area contributed by atoms with Crippen molar-refractivity contribution in [2.75, 3.05) is 31.9 Å². The van der Waals surface area contributed by atoms with Gasteiger partial charge < -0.3 is 10.2 Å². The molecule has 1 aromatic rings. The van der Waals surface area contributed by atoms with Crippen molar-refractivity contribution in [1.29, 1.82) is 0 Å². The third-order valence-corrected chi connectivity index (χ3v) is 9.08. The maximum Gasteiger partial charge on any atom is 0.416 e. The van der Waals surface area contributed by atoms with Gasteiger partial charge in [0.15, 0.2) is 0 Å². The van der Waals surface area contributed by atoms with Crippen LogP contribution in [-0.4, -0.2) is 48.0 Å². The van der Waals surface area contributed by atoms with E-state index in [-0.39, 0.29) is 10.5 Å². The fourth-order valence-electron chi connectivity index (χ4n) is 4.09. The summed E-state index contributed by atoms with van der Waals surface area (Å²) in [5.74, 6) is 1.17. The van der Waals surface area contributed by atoms with Crippen molar-refractivity contribution in [3.05, 3.63) is 35.4 Å². The number of nitrogens with zero attached hydrogens (tertiary/aromatic N) is 1. The van der Waals surface area contributed by atoms with Gasteiger partial charge in [-0.15, -0.1) is 23.5 Å². The number of halogens is 3. The zero-order chi connectivity index (χ0) is 22.1. The van der Waals surface area contributed by atoms with Crippen molar-refractivity contribution in [3.63, 3.8) is 0 Å². The van der Waals surface area contributed by atoms with E-state index in [4.69, 9.17) is 0 Å². The second-order valence-electron chi connectivity index (χ2n) is 8.37. The molecule has 1 N–H and O–H groups in total. The molecule has 2 atom stereocenters. The molecule has 0 spiro atoms. The molecule has 3 nitrogen and oxygen atoms in total. The zero-order valence-corrected chi connectivity index (χ0v) is 19.6. The lowest BCUT2D eigenvalue weighted by Crippen LogP contribution is -2.37. The van der Waals surface area contributed by atoms with E-state index in [0.717, 1.165) is 63.2 Å². The highest BCUT2D eigenvalue weighted by molar-refractivity contribution is 8.17. The summed E-state index contributed by atoms with van der Waals surface area (Å²) in [5, 5.41) is 3.55. The molecule has 2 unspecified atom stereocenters. The summed E-state index contributed by atoms with van der Waals surface area (Å²) in [7, 11) is 0. The van der Waals surface area contributed by atoms with E-state index < -0.39 is 11.7 Å². The number of hydrogen-bond acceptors (Lipinski definition) is 4. The van der Waals surface area contributed by atoms with Gasteiger partial charge in [0.1, 0.15) is 0 Å². The van der Waals surface area contributed by atoms with Crippen LogP contribution in [0.25, 0.3) is 0 Å². The molecule has 2 aliphatic rings. The Morgan fingerprint density at radius 2 is 1.84 bits per heavy atom. The lowest BCUT2D eigenvalue weighted by atomic mass is 10.1. The van der Waals surface area contributed by atoms with Crippen molar-refractivity contribution in [2.24, 2.45) is 0 Å². The number of unbranched alkanes of at least 4 members (excludes halogenated alkanes) is 1. The van der Waals surface area contributed by atoms with E-state index in [1.807, 2.05) is 23.5 Å². The monoisotopic (exact) mass is 474 g/mol. The number of alkyl halides is 3. The molecule has 31 heavy (non-hydrogen) atoms. The van der Waals surface area contributed by atoms with Crippen LogP contribution in [0.3, 0.4) is 0 Å². The average molecular weight is 475 g/mol. The van der Waals surface area contributed by atoms with Gasteiger partial charge in [0.05, 0.1) is 10.1 Å². The first-order valence-electron chi connectivity index (χ1n) is 11.3. The normalized spacial score (nSPS) is 22.9. The first-order valence-corrected chi connectivity index (χ1v) is 13.3. The maximum absolute atomic E-state index is 12.8. The average Bonchev–Trinajstić information content (AvgIpc) is 2.77. The largest absolute Gasteiger partial charge is 0.416 e. The van der Waals surface area contributed by atoms with Crippen LogP contribution in [0.2, 0.25) is 0 Å². The molecular weight excluding hydrogens is 441 g/mol. The number of likely N-dealkylation sites (tertiary alicyclic amines) is 1. The Labute approximate surface area is 192 Å². The minimum Gasteiger partial charge on any atom is -0.355 e. The van der Waals surface area contributed by atoms with Gasteiger partial charge in [0.25, 0.3) is 0 Å². The van der Waals surface area contributed by atoms with Crippen LogP contribution in [0, 0.1) is 0 Å². The van der Waals surface area contributed by atoms with Crippen LogP contribution in [0.1, 0.15) is 67.1 Å². The fourth-order valence-corrected chi connectivity index (χ4v) is 7.52. The predicted molar refractivity (Wildman–Crippen MR) is 124 cm³/mol. The number of hydrogen-bond donors (Lipinski definition) is 1. The predicted octanol–water partition coefficient (Wildman–Crippen LogP) is 6.11. The van der Waals surface area contributed by atoms with Gasteiger partial charge in [-0.2, -0.15) is 13.2 Å². The standard InChI is InChI=1S/C23H33F3N2OS2/c24-23(25,26)19-10-8-18(9-11-19)22-30-17-12-20(31-22)6-2-3-7-21(29)27-13-16-28-14-4-1-5-15-28/h8-11,20,22H,1-7,12-17H2,(H,27,29). The van der Waals surface area contributed by atoms with Crippen molar-refractivity contribution in [3.8, 4) is 0 Å². The highest BCUT2D eigenvalue weighted by atomic mass is 32.2. The summed E-state index contributed by atoms with van der Waals surface area (Å²) in [5.41, 5.74) is 0.369. The highest BCUT2D eigenvalue weighted by Crippen LogP contribution is 2.48. The Balaban J connectivity index is 1.30. The number of benzene rings is 1. The fraction of sp³-hybridized carbons (Fsp3) is 0.696. The number of nitrogens with one attached hydrogen (secondary N) is 1. The Bertz CT molecular complexity index is 678. The van der Waals surface area contributed by atoms with E-state index in [9.17, 15) is 18.0 Å². The van der Waals surface area contributed by atoms with Crippen LogP contribution >= 0.6 is 23.5 Å². The molecule has 2 aliphatic heterocycles. The number of amides is 1. The summed E-state index contributed by atoms with van der Waals surface area (Å²) in [6.45, 7) is 4.00. The van der Waals surface area contributed by atoms with Crippen LogP contribution in [-0.2, 0) is 11.0 Å². The SMILES string of the molecule is O=C(CCCCC1CCSC(c2ccc(C(F)(F)F)cc2)S1)NCCN1CCCCC1. The van der Waals surface area contributed by atoms with Gasteiger partial charge >= 0.3 is 6.18 Å². The number of rotatable bonds is 9. The topological polar surface area (TPSA) is 32.3 Å². The summed E-state index contributed by atoms with van der Waals surface area (Å²) < 4.78 is 38.5. The Kier molecular flexibility index (Phi) is 9.91. The smallest absolute Gasteiger partial charge is 0.355 e. The Morgan fingerprint density at radius 1 is 1.10 bits per heavy atom. The lowest BCUT2D eigenvalue weighted by Gasteiger charge is -2.29. The second kappa shape index (κ2) is 12.4. The highest BCUT2D eigenvalue weighted by Gasteiger charge is 2.31. The van der Waals surface area contributed by atoms with E-state index in [1.165, 1.54) is 31.4 Å². The van der Waals surface area contributed by atoms with Gasteiger partial charge in [-0.1, -0.05) is 25.0 Å². The number of piperidine rings is 1. The lowest BCUT2D eigenvalue weighted by molar-refractivity contribution is -0.137.